The van der Waals surface area contributed by atoms with E-state index in [2.05, 4.69) is 12.6 Å². The van der Waals surface area contributed by atoms with Crippen molar-refractivity contribution in [3.8, 4) is 11.2 Å². The van der Waals surface area contributed by atoms with Gasteiger partial charge in [0.1, 0.15) is 0 Å². The number of hydrogen-bond acceptors (Lipinski definition) is 4. The number of aliphatic carboxylic acids is 1. The van der Waals surface area contributed by atoms with E-state index in [9.17, 15) is 9.59 Å². The van der Waals surface area contributed by atoms with Crippen molar-refractivity contribution in [2.45, 2.75) is 6.04 Å². The fraction of sp³-hybridized carbons (Fsp3) is 0.200. The van der Waals surface area contributed by atoms with E-state index in [1.807, 2.05) is 11.2 Å². The molecule has 0 aromatic heterocycles. The average molecular weight is 159 g/mol. The predicted octanol–water partition coefficient (Wildman–Crippen LogP) is -1.14. The van der Waals surface area contributed by atoms with Crippen molar-refractivity contribution in [3.63, 3.8) is 0 Å². The first-order valence-electron chi connectivity index (χ1n) is 2.27. The van der Waals surface area contributed by atoms with E-state index in [1.165, 1.54) is 0 Å². The quantitative estimate of drug-likeness (QED) is 0.270. The summed E-state index contributed by atoms with van der Waals surface area (Å²) in [5.41, 5.74) is 4.86. The lowest BCUT2D eigenvalue weighted by molar-refractivity contribution is -0.140. The summed E-state index contributed by atoms with van der Waals surface area (Å²) in [6.07, 6.45) is 0. The van der Waals surface area contributed by atoms with Gasteiger partial charge in [-0.1, -0.05) is 12.6 Å². The molecule has 10 heavy (non-hydrogen) atoms. The molecule has 0 amide bonds. The van der Waals surface area contributed by atoms with Crippen molar-refractivity contribution in [2.24, 2.45) is 5.73 Å². The molecule has 0 radical (unpaired) electrons. The monoisotopic (exact) mass is 159 g/mol. The molecule has 0 saturated carbocycles. The highest BCUT2D eigenvalue weighted by atomic mass is 32.1. The second kappa shape index (κ2) is 3.93. The number of carboxylic acid groups (broad SMARTS) is 1. The van der Waals surface area contributed by atoms with Gasteiger partial charge in [-0.25, -0.2) is 0 Å². The maximum absolute atomic E-state index is 10.5. The summed E-state index contributed by atoms with van der Waals surface area (Å²) in [5, 5.41) is 10.1. The van der Waals surface area contributed by atoms with E-state index in [1.54, 1.807) is 0 Å². The van der Waals surface area contributed by atoms with Gasteiger partial charge in [-0.05, 0) is 11.2 Å². The number of carboxylic acids is 1. The van der Waals surface area contributed by atoms with Gasteiger partial charge in [0.05, 0.1) is 0 Å². The molecule has 54 valence electrons. The summed E-state index contributed by atoms with van der Waals surface area (Å²) < 4.78 is 0. The van der Waals surface area contributed by atoms with Crippen LogP contribution in [0.4, 0.5) is 0 Å². The van der Waals surface area contributed by atoms with E-state index in [4.69, 9.17) is 10.8 Å². The highest BCUT2D eigenvalue weighted by Crippen LogP contribution is 1.80. The van der Waals surface area contributed by atoms with Crippen LogP contribution in [0.2, 0.25) is 0 Å². The summed E-state index contributed by atoms with van der Waals surface area (Å²) in [5.74, 6) is -0.337. The van der Waals surface area contributed by atoms with Gasteiger partial charge < -0.3 is 10.8 Å². The average Bonchev–Trinajstić information content (AvgIpc) is 1.87. The lowest BCUT2D eigenvalue weighted by atomic mass is 10.2. The summed E-state index contributed by atoms with van der Waals surface area (Å²) in [6.45, 7) is 0. The minimum atomic E-state index is -1.56. The van der Waals surface area contributed by atoms with Crippen LogP contribution in [-0.2, 0) is 9.59 Å². The van der Waals surface area contributed by atoms with E-state index >= 15 is 0 Å². The number of hydrogen-bond donors (Lipinski definition) is 3. The Hall–Kier alpha value is -0.990. The second-order valence-electron chi connectivity index (χ2n) is 1.42. The zero-order valence-electron chi connectivity index (χ0n) is 4.87. The molecular formula is C5H5NO3S. The minimum Gasteiger partial charge on any atom is -0.480 e. The molecule has 0 aromatic rings. The molecule has 0 bridgehead atoms. The molecular weight excluding hydrogens is 154 g/mol. The van der Waals surface area contributed by atoms with Gasteiger partial charge in [-0.15, -0.1) is 0 Å². The molecule has 1 atom stereocenters. The van der Waals surface area contributed by atoms with Crippen molar-refractivity contribution in [1.29, 1.82) is 0 Å². The minimum absolute atomic E-state index is 0.845. The van der Waals surface area contributed by atoms with Crippen molar-refractivity contribution in [1.82, 2.24) is 0 Å². The number of rotatable bonds is 2. The molecule has 5 heteroatoms. The summed E-state index contributed by atoms with van der Waals surface area (Å²) >= 11 is 3.39. The highest BCUT2D eigenvalue weighted by molar-refractivity contribution is 7.85. The number of carbonyl (C=O) groups is 2. The number of ketones is 1. The lowest BCUT2D eigenvalue weighted by Gasteiger charge is -1.96. The van der Waals surface area contributed by atoms with Gasteiger partial charge in [-0.3, -0.25) is 9.59 Å². The zero-order valence-corrected chi connectivity index (χ0v) is 5.76. The van der Waals surface area contributed by atoms with Crippen LogP contribution in [-0.4, -0.2) is 22.9 Å². The SMILES string of the molecule is NC(C(=O)O)C(=O)C#CS. The van der Waals surface area contributed by atoms with Gasteiger partial charge in [0.25, 0.3) is 0 Å². The third-order valence-corrected chi connectivity index (χ3v) is 0.839. The molecule has 0 fully saturated rings. The van der Waals surface area contributed by atoms with Gasteiger partial charge in [-0.2, -0.15) is 0 Å². The summed E-state index contributed by atoms with van der Waals surface area (Å²) in [6, 6.07) is -1.56. The van der Waals surface area contributed by atoms with Crippen LogP contribution in [0.25, 0.3) is 0 Å². The molecule has 0 heterocycles. The zero-order chi connectivity index (χ0) is 8.15. The van der Waals surface area contributed by atoms with E-state index in [-0.39, 0.29) is 0 Å². The van der Waals surface area contributed by atoms with Crippen LogP contribution in [0, 0.1) is 11.2 Å². The highest BCUT2D eigenvalue weighted by Gasteiger charge is 2.18. The Morgan fingerprint density at radius 1 is 1.60 bits per heavy atom. The molecule has 1 unspecified atom stereocenters. The van der Waals surface area contributed by atoms with Crippen molar-refractivity contribution >= 4 is 24.4 Å². The van der Waals surface area contributed by atoms with Gasteiger partial charge in [0.2, 0.25) is 5.78 Å². The molecule has 4 nitrogen and oxygen atoms in total. The van der Waals surface area contributed by atoms with E-state index in [0.29, 0.717) is 0 Å². The standard InChI is InChI=1S/C5H5NO3S/c6-4(5(8)9)3(7)1-2-10/h4,10H,6H2,(H,8,9). The number of Topliss-reactive ketones (excluding diaryl/α,β-unsaturated/α-hetero) is 1. The third kappa shape index (κ3) is 2.53. The van der Waals surface area contributed by atoms with Gasteiger partial charge >= 0.3 is 5.97 Å². The normalized spacial score (nSPS) is 11.0. The Morgan fingerprint density at radius 3 is 2.40 bits per heavy atom. The van der Waals surface area contributed by atoms with Crippen LogP contribution < -0.4 is 5.73 Å². The van der Waals surface area contributed by atoms with Gasteiger partial charge in [0.15, 0.2) is 6.04 Å². The van der Waals surface area contributed by atoms with Crippen LogP contribution in [0.1, 0.15) is 0 Å². The first-order chi connectivity index (χ1) is 4.59. The Morgan fingerprint density at radius 2 is 2.10 bits per heavy atom. The molecule has 0 aliphatic rings. The second-order valence-corrected chi connectivity index (χ2v) is 1.64. The molecule has 0 aliphatic carbocycles. The summed E-state index contributed by atoms with van der Waals surface area (Å²) in [7, 11) is 0. The Labute approximate surface area is 62.8 Å². The van der Waals surface area contributed by atoms with E-state index in [0.717, 1.165) is 0 Å². The molecule has 0 aliphatic heterocycles. The topological polar surface area (TPSA) is 80.4 Å². The Kier molecular flexibility index (Phi) is 3.54. The Bertz CT molecular complexity index is 215. The maximum atomic E-state index is 10.5. The number of nitrogens with two attached hydrogens (primary N) is 1. The van der Waals surface area contributed by atoms with Crippen LogP contribution in [0.15, 0.2) is 0 Å². The van der Waals surface area contributed by atoms with Gasteiger partial charge in [0, 0.05) is 0 Å². The van der Waals surface area contributed by atoms with Crippen LogP contribution >= 0.6 is 12.6 Å². The molecule has 0 aromatic carbocycles. The van der Waals surface area contributed by atoms with Crippen LogP contribution in [0.5, 0.6) is 0 Å². The predicted molar refractivity (Wildman–Crippen MR) is 37.4 cm³/mol. The lowest BCUT2D eigenvalue weighted by Crippen LogP contribution is -2.37. The van der Waals surface area contributed by atoms with Crippen molar-refractivity contribution in [2.75, 3.05) is 0 Å². The number of thiol groups is 1. The van der Waals surface area contributed by atoms with E-state index < -0.39 is 17.8 Å². The first kappa shape index (κ1) is 9.01. The molecule has 0 saturated heterocycles. The molecule has 3 N–H and O–H groups in total. The van der Waals surface area contributed by atoms with Crippen molar-refractivity contribution in [3.05, 3.63) is 0 Å². The first-order valence-corrected chi connectivity index (χ1v) is 2.71. The summed E-state index contributed by atoms with van der Waals surface area (Å²) in [4.78, 5) is 20.4. The third-order valence-electron chi connectivity index (χ3n) is 0.728. The fourth-order valence-electron chi connectivity index (χ4n) is 0.245. The largest absolute Gasteiger partial charge is 0.480 e. The van der Waals surface area contributed by atoms with Crippen LogP contribution in [0.3, 0.4) is 0 Å². The molecule has 0 rings (SSSR count). The fourth-order valence-corrected chi connectivity index (χ4v) is 0.355. The maximum Gasteiger partial charge on any atom is 0.329 e. The number of carbonyl (C=O) groups excluding carboxylic acids is 1. The molecule has 0 spiro atoms. The Balaban J connectivity index is 4.17. The van der Waals surface area contributed by atoms with Crippen molar-refractivity contribution < 1.29 is 14.7 Å². The smallest absolute Gasteiger partial charge is 0.329 e.